The minimum atomic E-state index is -5.02. The summed E-state index contributed by atoms with van der Waals surface area (Å²) in [7, 11) is 0. The molecule has 17 heavy (non-hydrogen) atoms. The molecular weight excluding hydrogens is 379 g/mol. The Kier molecular flexibility index (Phi) is 4.36. The number of nitrogens with zero attached hydrogens (tertiary/aromatic N) is 2. The highest BCUT2D eigenvalue weighted by Crippen LogP contribution is 2.35. The van der Waals surface area contributed by atoms with Gasteiger partial charge in [0.05, 0.1) is 9.45 Å². The van der Waals surface area contributed by atoms with Crippen LogP contribution in [0.1, 0.15) is 5.69 Å². The molecule has 0 N–H and O–H groups in total. The van der Waals surface area contributed by atoms with E-state index in [1.54, 1.807) is 0 Å². The van der Waals surface area contributed by atoms with Gasteiger partial charge in [-0.3, -0.25) is 0 Å². The first kappa shape index (κ1) is 14.2. The summed E-state index contributed by atoms with van der Waals surface area (Å²) < 4.78 is 39.6. The molecule has 0 atom stereocenters. The van der Waals surface area contributed by atoms with Crippen molar-refractivity contribution in [2.24, 2.45) is 0 Å². The third-order valence-electron chi connectivity index (χ3n) is 1.49. The maximum absolute atomic E-state index is 12.0. The number of pyridine rings is 1. The molecular formula is C7H3ClF3IN2O3. The lowest BCUT2D eigenvalue weighted by molar-refractivity contribution is -0.393. The Labute approximate surface area is 111 Å². The molecule has 1 heterocycles. The minimum absolute atomic E-state index is 0.0859. The number of ether oxygens (including phenoxy) is 1. The standard InChI is InChI=1S/C7H3ClF3IN2O3/c8-2-3-1-4(12)5(17-7(9,10)11)6(13-3)14(15)16/h1H,2H2. The molecule has 94 valence electrons. The molecule has 0 radical (unpaired) electrons. The van der Waals surface area contributed by atoms with Gasteiger partial charge in [0.25, 0.3) is 0 Å². The van der Waals surface area contributed by atoms with E-state index in [-0.39, 0.29) is 15.1 Å². The molecule has 1 aromatic rings. The van der Waals surface area contributed by atoms with Crippen molar-refractivity contribution >= 4 is 40.0 Å². The summed E-state index contributed by atoms with van der Waals surface area (Å²) in [6, 6.07) is 1.18. The molecule has 1 rings (SSSR count). The molecule has 0 aliphatic carbocycles. The smallest absolute Gasteiger partial charge is 0.395 e. The first-order chi connectivity index (χ1) is 7.74. The number of hydrogen-bond acceptors (Lipinski definition) is 4. The van der Waals surface area contributed by atoms with Crippen molar-refractivity contribution in [2.45, 2.75) is 12.2 Å². The second-order valence-electron chi connectivity index (χ2n) is 2.69. The number of rotatable bonds is 3. The summed E-state index contributed by atoms with van der Waals surface area (Å²) in [6.07, 6.45) is -5.02. The Hall–Kier alpha value is -0.840. The van der Waals surface area contributed by atoms with Crippen LogP contribution in [0.5, 0.6) is 5.75 Å². The summed E-state index contributed by atoms with van der Waals surface area (Å²) >= 11 is 6.89. The van der Waals surface area contributed by atoms with Crippen molar-refractivity contribution in [3.8, 4) is 5.75 Å². The van der Waals surface area contributed by atoms with Crippen molar-refractivity contribution in [3.63, 3.8) is 0 Å². The van der Waals surface area contributed by atoms with Gasteiger partial charge in [-0.05, 0) is 32.5 Å². The summed E-state index contributed by atoms with van der Waals surface area (Å²) in [5.41, 5.74) is 0.0947. The topological polar surface area (TPSA) is 65.3 Å². The van der Waals surface area contributed by atoms with E-state index in [1.165, 1.54) is 28.7 Å². The van der Waals surface area contributed by atoms with Gasteiger partial charge in [-0.15, -0.1) is 24.8 Å². The van der Waals surface area contributed by atoms with E-state index in [0.717, 1.165) is 0 Å². The van der Waals surface area contributed by atoms with E-state index in [4.69, 9.17) is 11.6 Å². The lowest BCUT2D eigenvalue weighted by atomic mass is 10.3. The van der Waals surface area contributed by atoms with Crippen LogP contribution in [0.15, 0.2) is 6.07 Å². The highest BCUT2D eigenvalue weighted by molar-refractivity contribution is 14.1. The summed E-state index contributed by atoms with van der Waals surface area (Å²) in [6.45, 7) is 0. The molecule has 0 spiro atoms. The molecule has 0 aliphatic heterocycles. The van der Waals surface area contributed by atoms with E-state index < -0.39 is 22.9 Å². The van der Waals surface area contributed by atoms with Gasteiger partial charge < -0.3 is 14.9 Å². The number of nitro groups is 1. The monoisotopic (exact) mass is 382 g/mol. The van der Waals surface area contributed by atoms with Crippen LogP contribution in [-0.4, -0.2) is 16.3 Å². The van der Waals surface area contributed by atoms with Crippen LogP contribution in [0, 0.1) is 13.7 Å². The third-order valence-corrected chi connectivity index (χ3v) is 2.57. The van der Waals surface area contributed by atoms with E-state index in [9.17, 15) is 23.3 Å². The molecule has 5 nitrogen and oxygen atoms in total. The lowest BCUT2D eigenvalue weighted by Crippen LogP contribution is -2.19. The molecule has 1 aromatic heterocycles. The predicted molar refractivity (Wildman–Crippen MR) is 59.8 cm³/mol. The zero-order valence-electron chi connectivity index (χ0n) is 7.79. The van der Waals surface area contributed by atoms with Crippen molar-refractivity contribution in [1.29, 1.82) is 0 Å². The number of hydrogen-bond donors (Lipinski definition) is 0. The van der Waals surface area contributed by atoms with Crippen molar-refractivity contribution < 1.29 is 22.8 Å². The summed E-state index contributed by atoms with van der Waals surface area (Å²) in [5.74, 6) is -2.09. The van der Waals surface area contributed by atoms with Gasteiger partial charge in [0.1, 0.15) is 0 Å². The van der Waals surface area contributed by atoms with Gasteiger partial charge in [0.2, 0.25) is 5.75 Å². The highest BCUT2D eigenvalue weighted by atomic mass is 127. The van der Waals surface area contributed by atoms with Gasteiger partial charge >= 0.3 is 12.2 Å². The molecule has 10 heteroatoms. The van der Waals surface area contributed by atoms with Gasteiger partial charge in [0, 0.05) is 6.07 Å². The number of halogens is 5. The Balaban J connectivity index is 3.32. The first-order valence-corrected chi connectivity index (χ1v) is 5.51. The van der Waals surface area contributed by atoms with E-state index in [1.807, 2.05) is 0 Å². The summed E-state index contributed by atoms with van der Waals surface area (Å²) in [5, 5.41) is 10.6. The SMILES string of the molecule is O=[N+]([O-])c1nc(CCl)cc(I)c1OC(F)(F)F. The average Bonchev–Trinajstić information content (AvgIpc) is 2.18. The molecule has 0 unspecified atom stereocenters. The number of aromatic nitrogens is 1. The highest BCUT2D eigenvalue weighted by Gasteiger charge is 2.36. The van der Waals surface area contributed by atoms with E-state index >= 15 is 0 Å². The number of alkyl halides is 4. The second-order valence-corrected chi connectivity index (χ2v) is 4.12. The van der Waals surface area contributed by atoms with Crippen molar-refractivity contribution in [1.82, 2.24) is 4.98 Å². The lowest BCUT2D eigenvalue weighted by Gasteiger charge is -2.10. The Morgan fingerprint density at radius 3 is 2.59 bits per heavy atom. The van der Waals surface area contributed by atoms with Crippen LogP contribution >= 0.6 is 34.2 Å². The van der Waals surface area contributed by atoms with Crippen molar-refractivity contribution in [2.75, 3.05) is 0 Å². The largest absolute Gasteiger partial charge is 0.573 e. The Bertz CT molecular complexity index is 455. The third kappa shape index (κ3) is 3.84. The maximum Gasteiger partial charge on any atom is 0.573 e. The van der Waals surface area contributed by atoms with Gasteiger partial charge in [-0.25, -0.2) is 0 Å². The van der Waals surface area contributed by atoms with Crippen LogP contribution in [0.4, 0.5) is 19.0 Å². The molecule has 0 saturated carbocycles. The molecule has 0 amide bonds. The molecule has 0 fully saturated rings. The molecule has 0 saturated heterocycles. The minimum Gasteiger partial charge on any atom is -0.395 e. The van der Waals surface area contributed by atoms with E-state index in [0.29, 0.717) is 0 Å². The fourth-order valence-electron chi connectivity index (χ4n) is 0.940. The maximum atomic E-state index is 12.0. The second kappa shape index (κ2) is 5.21. The van der Waals surface area contributed by atoms with Crippen molar-refractivity contribution in [3.05, 3.63) is 25.4 Å². The van der Waals surface area contributed by atoms with Crippen LogP contribution in [-0.2, 0) is 5.88 Å². The Morgan fingerprint density at radius 2 is 2.18 bits per heavy atom. The van der Waals surface area contributed by atoms with Gasteiger partial charge in [-0.2, -0.15) is 0 Å². The van der Waals surface area contributed by atoms with Gasteiger partial charge in [0.15, 0.2) is 5.69 Å². The molecule has 0 aromatic carbocycles. The van der Waals surface area contributed by atoms with Crippen LogP contribution in [0.3, 0.4) is 0 Å². The zero-order chi connectivity index (χ0) is 13.2. The average molecular weight is 382 g/mol. The Morgan fingerprint density at radius 1 is 1.59 bits per heavy atom. The quantitative estimate of drug-likeness (QED) is 0.348. The van der Waals surface area contributed by atoms with Crippen LogP contribution < -0.4 is 4.74 Å². The van der Waals surface area contributed by atoms with Gasteiger partial charge in [-0.1, -0.05) is 0 Å². The fraction of sp³-hybridized carbons (Fsp3) is 0.286. The van der Waals surface area contributed by atoms with Crippen LogP contribution in [0.25, 0.3) is 0 Å². The first-order valence-electron chi connectivity index (χ1n) is 3.90. The zero-order valence-corrected chi connectivity index (χ0v) is 10.7. The van der Waals surface area contributed by atoms with E-state index in [2.05, 4.69) is 9.72 Å². The molecule has 0 bridgehead atoms. The molecule has 0 aliphatic rings. The van der Waals surface area contributed by atoms with Crippen LogP contribution in [0.2, 0.25) is 0 Å². The predicted octanol–water partition coefficient (Wildman–Crippen LogP) is 3.23. The normalized spacial score (nSPS) is 11.4. The summed E-state index contributed by atoms with van der Waals surface area (Å²) in [4.78, 5) is 12.9. The fourth-order valence-corrected chi connectivity index (χ4v) is 1.79.